The SMILES string of the molecule is C=C(COc1ccc2nc3c(c(CO)c2c1)Cn1c-3cc2c(c1=O)COC(=O)C2O)C(=O)N1CCN(c2nc(OCC3CCCN3C)nc3c2CCN(c2cccc4cccc(C)c24)C3)CC1CC#N. The number of pyridine rings is 2. The van der Waals surface area contributed by atoms with Crippen molar-refractivity contribution < 1.29 is 34.0 Å². The highest BCUT2D eigenvalue weighted by Crippen LogP contribution is 2.40. The summed E-state index contributed by atoms with van der Waals surface area (Å²) >= 11 is 0. The van der Waals surface area contributed by atoms with E-state index in [0.717, 1.165) is 43.0 Å². The number of ether oxygens (including phenoxy) is 3. The molecule has 70 heavy (non-hydrogen) atoms. The monoisotopic (exact) mass is 943 g/mol. The predicted molar refractivity (Wildman–Crippen MR) is 260 cm³/mol. The van der Waals surface area contributed by atoms with Gasteiger partial charge in [-0.2, -0.15) is 15.2 Å². The number of amides is 1. The van der Waals surface area contributed by atoms with Crippen molar-refractivity contribution in [2.75, 3.05) is 62.8 Å². The quantitative estimate of drug-likeness (QED) is 0.132. The molecular formula is C53H53N9O8. The molecule has 8 heterocycles. The number of rotatable bonds is 11. The number of esters is 1. The average molecular weight is 944 g/mol. The van der Waals surface area contributed by atoms with Crippen LogP contribution in [0.2, 0.25) is 0 Å². The van der Waals surface area contributed by atoms with E-state index in [1.165, 1.54) is 26.6 Å². The van der Waals surface area contributed by atoms with Gasteiger partial charge in [0.1, 0.15) is 31.4 Å². The zero-order valence-electron chi connectivity index (χ0n) is 39.2. The summed E-state index contributed by atoms with van der Waals surface area (Å²) in [6, 6.07) is 22.1. The number of aromatic nitrogens is 4. The van der Waals surface area contributed by atoms with Gasteiger partial charge in [-0.3, -0.25) is 9.59 Å². The molecule has 3 aromatic carbocycles. The highest BCUT2D eigenvalue weighted by molar-refractivity contribution is 5.97. The van der Waals surface area contributed by atoms with Crippen LogP contribution in [-0.2, 0) is 47.1 Å². The first-order valence-electron chi connectivity index (χ1n) is 23.9. The Balaban J connectivity index is 0.811. The van der Waals surface area contributed by atoms with Crippen LogP contribution >= 0.6 is 0 Å². The van der Waals surface area contributed by atoms with Crippen molar-refractivity contribution in [1.29, 1.82) is 5.26 Å². The molecule has 0 spiro atoms. The fraction of sp³-hybridized carbons (Fsp3) is 0.377. The molecule has 0 bridgehead atoms. The molecule has 358 valence electrons. The number of aryl methyl sites for hydroxylation is 1. The van der Waals surface area contributed by atoms with E-state index in [1.54, 1.807) is 29.2 Å². The number of hydrogen-bond donors (Lipinski definition) is 2. The van der Waals surface area contributed by atoms with Gasteiger partial charge < -0.3 is 48.6 Å². The Morgan fingerprint density at radius 3 is 2.60 bits per heavy atom. The number of nitrogens with zero attached hydrogens (tertiary/aromatic N) is 9. The summed E-state index contributed by atoms with van der Waals surface area (Å²) in [4.78, 5) is 63.5. The maximum atomic E-state index is 14.2. The van der Waals surface area contributed by atoms with Crippen molar-refractivity contribution in [2.45, 2.75) is 77.1 Å². The Hall–Kier alpha value is -7.39. The number of aliphatic hydroxyl groups excluding tert-OH is 2. The molecule has 6 aromatic rings. The number of cyclic esters (lactones) is 1. The second kappa shape index (κ2) is 18.2. The number of nitriles is 1. The van der Waals surface area contributed by atoms with E-state index < -0.39 is 23.7 Å². The number of fused-ring (bicyclic) bond motifs is 7. The molecule has 0 radical (unpaired) electrons. The van der Waals surface area contributed by atoms with E-state index in [1.807, 2.05) is 0 Å². The summed E-state index contributed by atoms with van der Waals surface area (Å²) in [6.07, 6.45) is 1.40. The van der Waals surface area contributed by atoms with Crippen molar-refractivity contribution in [2.24, 2.45) is 0 Å². The number of hydrogen-bond acceptors (Lipinski definition) is 15. The van der Waals surface area contributed by atoms with Gasteiger partial charge in [0.25, 0.3) is 11.5 Å². The average Bonchev–Trinajstić information content (AvgIpc) is 3.97. The third kappa shape index (κ3) is 7.85. The van der Waals surface area contributed by atoms with Gasteiger partial charge in [-0.05, 0) is 86.6 Å². The molecule has 3 atom stereocenters. The van der Waals surface area contributed by atoms with Gasteiger partial charge in [-0.1, -0.05) is 36.9 Å². The number of piperazine rings is 1. The number of carbonyl (C=O) groups is 2. The van der Waals surface area contributed by atoms with E-state index in [-0.39, 0.29) is 61.4 Å². The number of carbonyl (C=O) groups excluding carboxylic acids is 2. The first-order chi connectivity index (χ1) is 34.0. The van der Waals surface area contributed by atoms with Crippen molar-refractivity contribution in [3.63, 3.8) is 0 Å². The van der Waals surface area contributed by atoms with Crippen molar-refractivity contribution in [3.8, 4) is 29.2 Å². The molecule has 2 saturated heterocycles. The zero-order valence-corrected chi connectivity index (χ0v) is 39.2. The smallest absolute Gasteiger partial charge is 0.340 e. The molecular weight excluding hydrogens is 891 g/mol. The van der Waals surface area contributed by atoms with Crippen LogP contribution in [-0.4, -0.2) is 116 Å². The molecule has 17 nitrogen and oxygen atoms in total. The fourth-order valence-corrected chi connectivity index (χ4v) is 11.0. The van der Waals surface area contributed by atoms with E-state index in [9.17, 15) is 29.9 Å². The maximum Gasteiger partial charge on any atom is 0.340 e. The fourth-order valence-electron chi connectivity index (χ4n) is 11.0. The van der Waals surface area contributed by atoms with E-state index >= 15 is 0 Å². The Bertz CT molecular complexity index is 3250. The van der Waals surface area contributed by atoms with Gasteiger partial charge in [0, 0.05) is 70.9 Å². The minimum absolute atomic E-state index is 0.103. The summed E-state index contributed by atoms with van der Waals surface area (Å²) < 4.78 is 19.1. The van der Waals surface area contributed by atoms with Crippen molar-refractivity contribution >= 4 is 45.1 Å². The topological polar surface area (TPSA) is 200 Å². The molecule has 5 aliphatic rings. The summed E-state index contributed by atoms with van der Waals surface area (Å²) in [5, 5.41) is 34.3. The number of likely N-dealkylation sites (tertiary alicyclic amines) is 1. The van der Waals surface area contributed by atoms with Gasteiger partial charge in [0.15, 0.2) is 6.10 Å². The number of anilines is 2. The largest absolute Gasteiger partial charge is 0.489 e. The van der Waals surface area contributed by atoms with Crippen LogP contribution in [0.15, 0.2) is 77.6 Å². The van der Waals surface area contributed by atoms with Crippen LogP contribution in [0.25, 0.3) is 33.1 Å². The third-order valence-corrected chi connectivity index (χ3v) is 14.8. The van der Waals surface area contributed by atoms with Crippen LogP contribution in [0, 0.1) is 18.3 Å². The van der Waals surface area contributed by atoms with Crippen LogP contribution in [0.5, 0.6) is 11.8 Å². The van der Waals surface area contributed by atoms with Gasteiger partial charge in [-0.25, -0.2) is 9.78 Å². The maximum absolute atomic E-state index is 14.2. The lowest BCUT2D eigenvalue weighted by atomic mass is 9.99. The molecule has 17 heteroatoms. The molecule has 3 aromatic heterocycles. The normalized spacial score (nSPS) is 19.6. The summed E-state index contributed by atoms with van der Waals surface area (Å²) in [6.45, 7) is 9.72. The lowest BCUT2D eigenvalue weighted by molar-refractivity contribution is -0.157. The highest BCUT2D eigenvalue weighted by atomic mass is 16.5. The zero-order chi connectivity index (χ0) is 48.4. The molecule has 5 aliphatic heterocycles. The molecule has 2 fully saturated rings. The Labute approximate surface area is 403 Å². The molecule has 11 rings (SSSR count). The Morgan fingerprint density at radius 1 is 0.957 bits per heavy atom. The third-order valence-electron chi connectivity index (χ3n) is 14.8. The molecule has 2 N–H and O–H groups in total. The first-order valence-corrected chi connectivity index (χ1v) is 23.9. The van der Waals surface area contributed by atoms with Crippen molar-refractivity contribution in [1.82, 2.24) is 29.3 Å². The number of likely N-dealkylation sites (N-methyl/N-ethyl adjacent to an activating group) is 1. The standard InChI is InChI=1S/C53H53N9O8/c1-30-7-4-8-32-9-5-11-44(46(30)32)59-18-15-36-43(25-59)56-53(70-28-34-10-6-17-58(34)3)57-49(36)60-19-20-61(33(23-60)14-16-54)50(65)31(2)27-68-35-12-13-42-37(21-35)40(26-63)39-24-62-45(47(39)55-42)22-38-41(51(62)66)29-69-52(67)48(38)64/h4-5,7-9,11-13,21-22,33-34,48,63-64H,2,6,10,14-15,17-20,23-29H2,1,3H3. The molecule has 3 unspecified atom stereocenters. The summed E-state index contributed by atoms with van der Waals surface area (Å²) in [5.74, 6) is 0.0663. The number of benzene rings is 3. The molecule has 0 saturated carbocycles. The molecule has 1 amide bonds. The lowest BCUT2D eigenvalue weighted by Crippen LogP contribution is -2.56. The van der Waals surface area contributed by atoms with Gasteiger partial charge in [0.05, 0.1) is 66.4 Å². The van der Waals surface area contributed by atoms with Gasteiger partial charge in [-0.15, -0.1) is 0 Å². The highest BCUT2D eigenvalue weighted by Gasteiger charge is 2.37. The second-order valence-electron chi connectivity index (χ2n) is 18.9. The van der Waals surface area contributed by atoms with E-state index in [2.05, 4.69) is 77.7 Å². The minimum Gasteiger partial charge on any atom is -0.489 e. The summed E-state index contributed by atoms with van der Waals surface area (Å²) in [5.41, 5.74) is 7.19. The van der Waals surface area contributed by atoms with E-state index in [0.29, 0.717) is 84.4 Å². The van der Waals surface area contributed by atoms with Gasteiger partial charge >= 0.3 is 12.0 Å². The Kier molecular flexibility index (Phi) is 11.7. The number of aliphatic hydroxyl groups is 2. The molecule has 0 aliphatic carbocycles. The second-order valence-corrected chi connectivity index (χ2v) is 18.9. The predicted octanol–water partition coefficient (Wildman–Crippen LogP) is 4.86. The van der Waals surface area contributed by atoms with E-state index in [4.69, 9.17) is 29.2 Å². The lowest BCUT2D eigenvalue weighted by Gasteiger charge is -2.42. The van der Waals surface area contributed by atoms with Crippen molar-refractivity contribution in [3.05, 3.63) is 122 Å². The van der Waals surface area contributed by atoms with Crippen LogP contribution < -0.4 is 24.8 Å². The van der Waals surface area contributed by atoms with Gasteiger partial charge in [0.2, 0.25) is 0 Å². The van der Waals surface area contributed by atoms with Crippen LogP contribution in [0.1, 0.15) is 64.4 Å². The minimum atomic E-state index is -1.58. The first kappa shape index (κ1) is 45.1. The van der Waals surface area contributed by atoms with Crippen LogP contribution in [0.4, 0.5) is 11.5 Å². The Morgan fingerprint density at radius 2 is 1.80 bits per heavy atom. The summed E-state index contributed by atoms with van der Waals surface area (Å²) in [7, 11) is 2.12. The van der Waals surface area contributed by atoms with Crippen LogP contribution in [0.3, 0.4) is 0 Å².